The summed E-state index contributed by atoms with van der Waals surface area (Å²) < 4.78 is 6.10. The summed E-state index contributed by atoms with van der Waals surface area (Å²) in [6.07, 6.45) is 0.479. The van der Waals surface area contributed by atoms with Gasteiger partial charge in [-0.05, 0) is 23.6 Å². The van der Waals surface area contributed by atoms with Crippen molar-refractivity contribution >= 4 is 38.8 Å². The van der Waals surface area contributed by atoms with Crippen molar-refractivity contribution in [2.75, 3.05) is 7.11 Å². The topological polar surface area (TPSA) is 46.5 Å². The Bertz CT molecular complexity index is 711. The van der Waals surface area contributed by atoms with Gasteiger partial charge in [0, 0.05) is 17.5 Å². The van der Waals surface area contributed by atoms with Gasteiger partial charge in [-0.15, -0.1) is 11.3 Å². The number of hydrogen-bond donors (Lipinski definition) is 1. The highest BCUT2D eigenvalue weighted by atomic mass is 35.5. The lowest BCUT2D eigenvalue weighted by Crippen LogP contribution is -1.96. The fourth-order valence-electron chi connectivity index (χ4n) is 1.78. The number of aliphatic hydroxyl groups is 1. The number of carbonyl (C=O) groups is 1. The van der Waals surface area contributed by atoms with Crippen molar-refractivity contribution in [2.24, 2.45) is 0 Å². The highest BCUT2D eigenvalue weighted by Gasteiger charge is 2.13. The largest absolute Gasteiger partial charge is 0.505 e. The molecule has 0 aliphatic rings. The second-order valence-corrected chi connectivity index (χ2v) is 5.67. The lowest BCUT2D eigenvalue weighted by atomic mass is 10.1. The van der Waals surface area contributed by atoms with Crippen molar-refractivity contribution in [1.29, 1.82) is 0 Å². The minimum atomic E-state index is -0.0249. The van der Waals surface area contributed by atoms with Gasteiger partial charge in [0.15, 0.2) is 5.78 Å². The van der Waals surface area contributed by atoms with Crippen molar-refractivity contribution in [1.82, 2.24) is 0 Å². The normalized spacial score (nSPS) is 10.3. The average molecular weight is 309 g/mol. The molecule has 0 unspecified atom stereocenters. The maximum absolute atomic E-state index is 12.0. The number of methoxy groups -OCH3 is 1. The van der Waals surface area contributed by atoms with Gasteiger partial charge in [0.2, 0.25) is 0 Å². The third-order valence-electron chi connectivity index (χ3n) is 2.86. The zero-order valence-electron chi connectivity index (χ0n) is 10.9. The predicted octanol–water partition coefficient (Wildman–Crippen LogP) is 4.75. The molecular weight excluding hydrogens is 296 g/mol. The number of ketones is 1. The third kappa shape index (κ3) is 3.05. The van der Waals surface area contributed by atoms with Crippen LogP contribution in [0.25, 0.3) is 10.1 Å². The van der Waals surface area contributed by atoms with E-state index in [-0.39, 0.29) is 24.4 Å². The number of benzene rings is 1. The summed E-state index contributed by atoms with van der Waals surface area (Å²) in [7, 11) is 1.55. The van der Waals surface area contributed by atoms with Gasteiger partial charge in [0.25, 0.3) is 0 Å². The number of aliphatic hydroxyl groups excluding tert-OH is 1. The fourth-order valence-corrected chi connectivity index (χ4v) is 3.07. The summed E-state index contributed by atoms with van der Waals surface area (Å²) in [5.74, 6) is 0.569. The van der Waals surface area contributed by atoms with Crippen molar-refractivity contribution in [2.45, 2.75) is 12.8 Å². The molecule has 1 N–H and O–H groups in total. The number of ether oxygens (including phenoxy) is 1. The maximum Gasteiger partial charge on any atom is 0.173 e. The van der Waals surface area contributed by atoms with E-state index in [0.717, 1.165) is 10.1 Å². The number of rotatable bonds is 5. The molecule has 5 heteroatoms. The van der Waals surface area contributed by atoms with Gasteiger partial charge in [-0.1, -0.05) is 23.9 Å². The van der Waals surface area contributed by atoms with E-state index in [2.05, 4.69) is 12.3 Å². The lowest BCUT2D eigenvalue weighted by molar-refractivity contribution is 0.0982. The first kappa shape index (κ1) is 14.7. The molecule has 2 aromatic rings. The van der Waals surface area contributed by atoms with Gasteiger partial charge in [0.1, 0.15) is 11.5 Å². The summed E-state index contributed by atoms with van der Waals surface area (Å²) in [6, 6.07) is 5.41. The van der Waals surface area contributed by atoms with Crippen molar-refractivity contribution in [3.8, 4) is 5.75 Å². The first-order chi connectivity index (χ1) is 9.55. The number of Topliss-reactive ketones (excluding diaryl/α,β-unsaturated/α-hetero) is 1. The lowest BCUT2D eigenvalue weighted by Gasteiger charge is -2.01. The van der Waals surface area contributed by atoms with Crippen LogP contribution in [-0.4, -0.2) is 18.0 Å². The highest BCUT2D eigenvalue weighted by Crippen LogP contribution is 2.35. The van der Waals surface area contributed by atoms with Crippen LogP contribution in [0.2, 0.25) is 5.02 Å². The number of fused-ring (bicyclic) bond motifs is 1. The number of hydrogen-bond acceptors (Lipinski definition) is 4. The van der Waals surface area contributed by atoms with Crippen LogP contribution < -0.4 is 4.74 Å². The Labute approximate surface area is 125 Å². The molecule has 104 valence electrons. The Morgan fingerprint density at radius 3 is 2.85 bits per heavy atom. The van der Waals surface area contributed by atoms with Crippen LogP contribution in [0, 0.1) is 0 Å². The summed E-state index contributed by atoms with van der Waals surface area (Å²) in [5, 5.41) is 10.7. The molecule has 0 amide bonds. The maximum atomic E-state index is 12.0. The SMILES string of the molecule is C=C=C(O)CCC(=O)c1cc2cc(Cl)c(OC)cc2s1. The van der Waals surface area contributed by atoms with Crippen LogP contribution in [0.3, 0.4) is 0 Å². The molecule has 0 radical (unpaired) electrons. The summed E-state index contributed by atoms with van der Waals surface area (Å²) in [4.78, 5) is 12.7. The average Bonchev–Trinajstić information content (AvgIpc) is 2.85. The molecule has 0 saturated heterocycles. The predicted molar refractivity (Wildman–Crippen MR) is 82.2 cm³/mol. The van der Waals surface area contributed by atoms with E-state index in [0.29, 0.717) is 15.6 Å². The summed E-state index contributed by atoms with van der Waals surface area (Å²) in [6.45, 7) is 3.33. The van der Waals surface area contributed by atoms with Crippen molar-refractivity contribution in [3.63, 3.8) is 0 Å². The molecule has 1 heterocycles. The van der Waals surface area contributed by atoms with E-state index in [4.69, 9.17) is 16.3 Å². The molecule has 3 nitrogen and oxygen atoms in total. The Hall–Kier alpha value is -1.74. The molecule has 0 spiro atoms. The first-order valence-corrected chi connectivity index (χ1v) is 7.12. The van der Waals surface area contributed by atoms with Gasteiger partial charge < -0.3 is 9.84 Å². The second kappa shape index (κ2) is 6.14. The number of allylic oxidation sites excluding steroid dienone is 1. The van der Waals surface area contributed by atoms with E-state index in [1.165, 1.54) is 11.3 Å². The third-order valence-corrected chi connectivity index (χ3v) is 4.29. The standard InChI is InChI=1S/C15H13ClO3S/c1-3-10(17)4-5-12(18)15-7-9-6-11(16)13(19-2)8-14(9)20-15/h6-8,17H,1,4-5H2,2H3. The summed E-state index contributed by atoms with van der Waals surface area (Å²) in [5.41, 5.74) is 2.36. The van der Waals surface area contributed by atoms with Crippen LogP contribution in [0.15, 0.2) is 36.3 Å². The van der Waals surface area contributed by atoms with Crippen LogP contribution in [0.4, 0.5) is 0 Å². The number of halogens is 1. The monoisotopic (exact) mass is 308 g/mol. The van der Waals surface area contributed by atoms with E-state index in [1.807, 2.05) is 12.1 Å². The van der Waals surface area contributed by atoms with Gasteiger partial charge in [-0.25, -0.2) is 0 Å². The quantitative estimate of drug-likeness (QED) is 0.492. The highest BCUT2D eigenvalue weighted by molar-refractivity contribution is 7.20. The molecular formula is C15H13ClO3S. The fraction of sp³-hybridized carbons (Fsp3) is 0.200. The minimum absolute atomic E-state index is 0.00387. The van der Waals surface area contributed by atoms with E-state index in [9.17, 15) is 9.90 Å². The molecule has 0 saturated carbocycles. The van der Waals surface area contributed by atoms with Gasteiger partial charge >= 0.3 is 0 Å². The van der Waals surface area contributed by atoms with Crippen LogP contribution in [0.1, 0.15) is 22.5 Å². The molecule has 0 aliphatic heterocycles. The first-order valence-electron chi connectivity index (χ1n) is 5.93. The molecule has 0 aliphatic carbocycles. The molecule has 1 aromatic heterocycles. The minimum Gasteiger partial charge on any atom is -0.505 e. The molecule has 2 rings (SSSR count). The summed E-state index contributed by atoms with van der Waals surface area (Å²) >= 11 is 7.44. The van der Waals surface area contributed by atoms with Crippen molar-refractivity contribution < 1.29 is 14.6 Å². The van der Waals surface area contributed by atoms with E-state index in [1.54, 1.807) is 13.2 Å². The Morgan fingerprint density at radius 1 is 1.45 bits per heavy atom. The molecule has 20 heavy (non-hydrogen) atoms. The second-order valence-electron chi connectivity index (χ2n) is 4.18. The van der Waals surface area contributed by atoms with E-state index < -0.39 is 0 Å². The zero-order valence-corrected chi connectivity index (χ0v) is 12.5. The van der Waals surface area contributed by atoms with Crippen LogP contribution in [-0.2, 0) is 0 Å². The van der Waals surface area contributed by atoms with Gasteiger partial charge in [-0.3, -0.25) is 4.79 Å². The molecule has 0 fully saturated rings. The van der Waals surface area contributed by atoms with Crippen molar-refractivity contribution in [3.05, 3.63) is 46.2 Å². The smallest absolute Gasteiger partial charge is 0.173 e. The number of carbonyl (C=O) groups excluding carboxylic acids is 1. The molecule has 0 atom stereocenters. The number of thiophene rings is 1. The van der Waals surface area contributed by atoms with Crippen LogP contribution >= 0.6 is 22.9 Å². The molecule has 0 bridgehead atoms. The Balaban J connectivity index is 2.27. The van der Waals surface area contributed by atoms with Gasteiger partial charge in [-0.2, -0.15) is 0 Å². The van der Waals surface area contributed by atoms with E-state index >= 15 is 0 Å². The Morgan fingerprint density at radius 2 is 2.20 bits per heavy atom. The zero-order chi connectivity index (χ0) is 14.7. The van der Waals surface area contributed by atoms with Gasteiger partial charge in [0.05, 0.1) is 17.0 Å². The van der Waals surface area contributed by atoms with Crippen LogP contribution in [0.5, 0.6) is 5.75 Å². The Kier molecular flexibility index (Phi) is 4.50. The molecule has 1 aromatic carbocycles.